The molecule has 1 heterocycles. The van der Waals surface area contributed by atoms with Crippen molar-refractivity contribution in [2.75, 3.05) is 31.5 Å². The summed E-state index contributed by atoms with van der Waals surface area (Å²) in [5.41, 5.74) is -1.52. The summed E-state index contributed by atoms with van der Waals surface area (Å²) in [6, 6.07) is 2.50. The minimum Gasteiger partial charge on any atom is -0.378 e. The lowest BCUT2D eigenvalue weighted by molar-refractivity contribution is -0.384. The molecule has 0 unspecified atom stereocenters. The van der Waals surface area contributed by atoms with Crippen molar-refractivity contribution in [2.45, 2.75) is 32.2 Å². The van der Waals surface area contributed by atoms with E-state index >= 15 is 0 Å². The van der Waals surface area contributed by atoms with Gasteiger partial charge >= 0.3 is 6.18 Å². The number of anilines is 1. The molecule has 6 nitrogen and oxygen atoms in total. The van der Waals surface area contributed by atoms with Crippen LogP contribution in [0, 0.1) is 10.1 Å². The Hall–Kier alpha value is -1.87. The Morgan fingerprint density at radius 2 is 1.96 bits per heavy atom. The molecule has 0 spiro atoms. The number of hydrogen-bond acceptors (Lipinski definition) is 5. The van der Waals surface area contributed by atoms with Gasteiger partial charge in [0, 0.05) is 32.2 Å². The van der Waals surface area contributed by atoms with E-state index in [9.17, 15) is 23.3 Å². The molecule has 0 bridgehead atoms. The Labute approximate surface area is 137 Å². The Bertz CT molecular complexity index is 585. The maximum Gasteiger partial charge on any atom is 0.416 e. The first-order chi connectivity index (χ1) is 11.2. The van der Waals surface area contributed by atoms with Gasteiger partial charge in [0.2, 0.25) is 0 Å². The van der Waals surface area contributed by atoms with Gasteiger partial charge in [-0.3, -0.25) is 15.0 Å². The summed E-state index contributed by atoms with van der Waals surface area (Å²) >= 11 is 0. The molecule has 134 valence electrons. The van der Waals surface area contributed by atoms with Crippen molar-refractivity contribution in [3.8, 4) is 0 Å². The van der Waals surface area contributed by atoms with Crippen LogP contribution in [0.1, 0.15) is 19.4 Å². The fourth-order valence-corrected chi connectivity index (χ4v) is 2.82. The van der Waals surface area contributed by atoms with Crippen LogP contribution < -0.4 is 5.32 Å². The second-order valence-electron chi connectivity index (χ2n) is 5.93. The van der Waals surface area contributed by atoms with Gasteiger partial charge in [-0.1, -0.05) is 0 Å². The summed E-state index contributed by atoms with van der Waals surface area (Å²) in [6.07, 6.45) is -4.40. The highest BCUT2D eigenvalue weighted by molar-refractivity contribution is 5.62. The Balaban J connectivity index is 2.00. The van der Waals surface area contributed by atoms with Crippen molar-refractivity contribution in [2.24, 2.45) is 0 Å². The first-order valence-corrected chi connectivity index (χ1v) is 7.64. The number of ether oxygens (including phenoxy) is 1. The maximum absolute atomic E-state index is 12.7. The molecule has 0 aromatic heterocycles. The minimum atomic E-state index is -4.61. The minimum absolute atomic E-state index is 0.0855. The zero-order valence-corrected chi connectivity index (χ0v) is 13.5. The van der Waals surface area contributed by atoms with Gasteiger partial charge in [0.05, 0.1) is 22.7 Å². The van der Waals surface area contributed by atoms with Crippen LogP contribution in [-0.2, 0) is 10.9 Å². The molecule has 0 radical (unpaired) electrons. The lowest BCUT2D eigenvalue weighted by atomic mass is 10.1. The average molecular weight is 347 g/mol. The molecule has 9 heteroatoms. The van der Waals surface area contributed by atoms with E-state index in [4.69, 9.17) is 4.74 Å². The number of benzene rings is 1. The number of nitrogens with zero attached hydrogens (tertiary/aromatic N) is 2. The monoisotopic (exact) mass is 347 g/mol. The largest absolute Gasteiger partial charge is 0.416 e. The van der Waals surface area contributed by atoms with Gasteiger partial charge in [-0.25, -0.2) is 0 Å². The summed E-state index contributed by atoms with van der Waals surface area (Å²) in [5.74, 6) is 0. The van der Waals surface area contributed by atoms with E-state index in [1.165, 1.54) is 0 Å². The maximum atomic E-state index is 12.7. The number of nitro benzene ring substituents is 1. The lowest BCUT2D eigenvalue weighted by Crippen LogP contribution is -2.46. The standard InChI is InChI=1S/C15H20F3N3O3/c1-10-8-20(9-11(2)24-10)6-5-19-13-4-3-12(15(16,17)18)7-14(13)21(22)23/h3-4,7,10-11,19H,5-6,8-9H2,1-2H3/t10-,11-/m0/s1. The van der Waals surface area contributed by atoms with Crippen LogP contribution >= 0.6 is 0 Å². The van der Waals surface area contributed by atoms with Gasteiger partial charge in [0.25, 0.3) is 5.69 Å². The van der Waals surface area contributed by atoms with Gasteiger partial charge in [-0.15, -0.1) is 0 Å². The van der Waals surface area contributed by atoms with Gasteiger partial charge in [-0.05, 0) is 26.0 Å². The summed E-state index contributed by atoms with van der Waals surface area (Å²) in [4.78, 5) is 12.4. The van der Waals surface area contributed by atoms with E-state index in [0.717, 1.165) is 25.2 Å². The molecule has 0 amide bonds. The molecule has 1 aromatic rings. The molecule has 1 aromatic carbocycles. The molecule has 1 fully saturated rings. The average Bonchev–Trinajstić information content (AvgIpc) is 2.45. The molecule has 24 heavy (non-hydrogen) atoms. The van der Waals surface area contributed by atoms with Gasteiger partial charge < -0.3 is 10.1 Å². The SMILES string of the molecule is C[C@H]1CN(CCNc2ccc(C(F)(F)F)cc2[N+](=O)[O-])C[C@H](C)O1. The van der Waals surface area contributed by atoms with Crippen LogP contribution in [0.4, 0.5) is 24.5 Å². The predicted octanol–water partition coefficient (Wildman–Crippen LogP) is 3.13. The third-order valence-electron chi connectivity index (χ3n) is 3.76. The number of alkyl halides is 3. The lowest BCUT2D eigenvalue weighted by Gasteiger charge is -2.35. The molecule has 1 aliphatic rings. The predicted molar refractivity (Wildman–Crippen MR) is 83.0 cm³/mol. The number of morpholine rings is 1. The Morgan fingerprint density at radius 1 is 1.33 bits per heavy atom. The fourth-order valence-electron chi connectivity index (χ4n) is 2.82. The van der Waals surface area contributed by atoms with Gasteiger partial charge in [0.15, 0.2) is 0 Å². The zero-order chi connectivity index (χ0) is 17.9. The molecule has 2 rings (SSSR count). The van der Waals surface area contributed by atoms with Crippen LogP contribution in [0.5, 0.6) is 0 Å². The first-order valence-electron chi connectivity index (χ1n) is 7.64. The third-order valence-corrected chi connectivity index (χ3v) is 3.76. The molecular formula is C15H20F3N3O3. The number of hydrogen-bond donors (Lipinski definition) is 1. The van der Waals surface area contributed by atoms with Crippen LogP contribution in [0.3, 0.4) is 0 Å². The van der Waals surface area contributed by atoms with Crippen LogP contribution in [0.15, 0.2) is 18.2 Å². The molecule has 0 aliphatic carbocycles. The smallest absolute Gasteiger partial charge is 0.378 e. The van der Waals surface area contributed by atoms with E-state index in [1.807, 2.05) is 13.8 Å². The van der Waals surface area contributed by atoms with Crippen molar-refractivity contribution in [1.82, 2.24) is 4.90 Å². The number of rotatable bonds is 5. The second-order valence-corrected chi connectivity index (χ2v) is 5.93. The van der Waals surface area contributed by atoms with Crippen LogP contribution in [0.25, 0.3) is 0 Å². The zero-order valence-electron chi connectivity index (χ0n) is 13.5. The molecule has 1 N–H and O–H groups in total. The third kappa shape index (κ3) is 4.81. The van der Waals surface area contributed by atoms with Crippen molar-refractivity contribution >= 4 is 11.4 Å². The molecule has 0 saturated carbocycles. The summed E-state index contributed by atoms with van der Waals surface area (Å²) in [7, 11) is 0. The summed E-state index contributed by atoms with van der Waals surface area (Å²) < 4.78 is 43.6. The topological polar surface area (TPSA) is 67.6 Å². The molecule has 2 atom stereocenters. The summed E-state index contributed by atoms with van der Waals surface area (Å²) in [5, 5.41) is 13.9. The van der Waals surface area contributed by atoms with E-state index in [-0.39, 0.29) is 17.9 Å². The first kappa shape index (κ1) is 18.5. The van der Waals surface area contributed by atoms with Crippen molar-refractivity contribution < 1.29 is 22.8 Å². The van der Waals surface area contributed by atoms with E-state index in [2.05, 4.69) is 10.2 Å². The van der Waals surface area contributed by atoms with Crippen molar-refractivity contribution in [1.29, 1.82) is 0 Å². The van der Waals surface area contributed by atoms with Gasteiger partial charge in [-0.2, -0.15) is 13.2 Å². The van der Waals surface area contributed by atoms with E-state index in [1.54, 1.807) is 0 Å². The highest BCUT2D eigenvalue weighted by atomic mass is 19.4. The van der Waals surface area contributed by atoms with Crippen molar-refractivity contribution in [3.63, 3.8) is 0 Å². The number of nitrogens with one attached hydrogen (secondary N) is 1. The van der Waals surface area contributed by atoms with Crippen LogP contribution in [0.2, 0.25) is 0 Å². The number of nitro groups is 1. The highest BCUT2D eigenvalue weighted by Crippen LogP contribution is 2.34. The Kier molecular flexibility index (Phi) is 5.66. The van der Waals surface area contributed by atoms with E-state index < -0.39 is 22.4 Å². The highest BCUT2D eigenvalue weighted by Gasteiger charge is 2.33. The fraction of sp³-hybridized carbons (Fsp3) is 0.600. The van der Waals surface area contributed by atoms with Crippen molar-refractivity contribution in [3.05, 3.63) is 33.9 Å². The molecule has 1 saturated heterocycles. The molecular weight excluding hydrogens is 327 g/mol. The Morgan fingerprint density at radius 3 is 2.50 bits per heavy atom. The number of halogens is 3. The van der Waals surface area contributed by atoms with E-state index in [0.29, 0.717) is 19.2 Å². The molecule has 1 aliphatic heterocycles. The quantitative estimate of drug-likeness (QED) is 0.655. The van der Waals surface area contributed by atoms with Crippen LogP contribution in [-0.4, -0.2) is 48.2 Å². The normalized spacial score (nSPS) is 22.4. The summed E-state index contributed by atoms with van der Waals surface area (Å²) in [6.45, 7) is 6.46. The second kappa shape index (κ2) is 7.35. The van der Waals surface area contributed by atoms with Gasteiger partial charge in [0.1, 0.15) is 5.69 Å².